The van der Waals surface area contributed by atoms with Gasteiger partial charge in [-0.1, -0.05) is 20.8 Å². The van der Waals surface area contributed by atoms with E-state index in [1.54, 1.807) is 4.90 Å². The number of carbonyl (C=O) groups excluding carboxylic acids is 1. The van der Waals surface area contributed by atoms with Crippen molar-refractivity contribution in [3.05, 3.63) is 0 Å². The van der Waals surface area contributed by atoms with Crippen LogP contribution in [0.1, 0.15) is 33.6 Å². The second-order valence-electron chi connectivity index (χ2n) is 5.74. The van der Waals surface area contributed by atoms with Crippen molar-refractivity contribution in [2.75, 3.05) is 13.1 Å². The molecular weight excluding hydrogens is 192 g/mol. The average molecular weight is 211 g/mol. The van der Waals surface area contributed by atoms with Gasteiger partial charge in [0.1, 0.15) is 6.09 Å². The fraction of sp³-hybridized carbons (Fsp3) is 0.909. The molecule has 2 aliphatic rings. The molecule has 0 aromatic heterocycles. The Hall–Kier alpha value is -0.770. The Morgan fingerprint density at radius 1 is 1.53 bits per heavy atom. The van der Waals surface area contributed by atoms with Gasteiger partial charge in [-0.2, -0.15) is 0 Å². The zero-order valence-electron chi connectivity index (χ0n) is 9.67. The molecule has 0 aromatic carbocycles. The number of carboxylic acid groups (broad SMARTS) is 1. The number of rotatable bonds is 0. The lowest BCUT2D eigenvalue weighted by Crippen LogP contribution is -2.69. The molecule has 0 saturated carbocycles. The van der Waals surface area contributed by atoms with E-state index in [0.717, 1.165) is 25.9 Å². The van der Waals surface area contributed by atoms with Crippen LogP contribution in [-0.4, -0.2) is 35.7 Å². The van der Waals surface area contributed by atoms with E-state index in [1.165, 1.54) is 0 Å². The van der Waals surface area contributed by atoms with Crippen LogP contribution in [0.3, 0.4) is 0 Å². The summed E-state index contributed by atoms with van der Waals surface area (Å²) < 4.78 is 0. The van der Waals surface area contributed by atoms with Crippen LogP contribution >= 0.6 is 0 Å². The van der Waals surface area contributed by atoms with E-state index in [9.17, 15) is 9.90 Å². The summed E-state index contributed by atoms with van der Waals surface area (Å²) in [7, 11) is 0. The van der Waals surface area contributed by atoms with Crippen LogP contribution in [0.25, 0.3) is 0 Å². The van der Waals surface area contributed by atoms with Crippen LogP contribution in [0.4, 0.5) is 4.79 Å². The highest BCUT2D eigenvalue weighted by Crippen LogP contribution is 2.47. The maximum atomic E-state index is 11.3. The largest absolute Gasteiger partial charge is 0.530 e. The topological polar surface area (TPSA) is 55.4 Å². The smallest absolute Gasteiger partial charge is 0.137 e. The van der Waals surface area contributed by atoms with Crippen molar-refractivity contribution >= 4 is 6.09 Å². The zero-order chi connectivity index (χ0) is 11.3. The Bertz CT molecular complexity index is 281. The number of hydrogen-bond acceptors (Lipinski definition) is 3. The molecule has 1 amide bonds. The number of hydrogen-bond donors (Lipinski definition) is 1. The van der Waals surface area contributed by atoms with E-state index in [-0.39, 0.29) is 17.0 Å². The van der Waals surface area contributed by atoms with Gasteiger partial charge in [0.05, 0.1) is 5.54 Å². The van der Waals surface area contributed by atoms with Gasteiger partial charge in [0.2, 0.25) is 0 Å². The molecule has 2 aliphatic heterocycles. The van der Waals surface area contributed by atoms with Crippen LogP contribution in [0.2, 0.25) is 0 Å². The van der Waals surface area contributed by atoms with Crippen molar-refractivity contribution in [1.82, 2.24) is 10.2 Å². The highest BCUT2D eigenvalue weighted by molar-refractivity contribution is 5.65. The van der Waals surface area contributed by atoms with Crippen LogP contribution in [0.5, 0.6) is 0 Å². The first-order chi connectivity index (χ1) is 6.88. The third-order valence-corrected chi connectivity index (χ3v) is 4.11. The van der Waals surface area contributed by atoms with E-state index in [1.807, 2.05) is 0 Å². The van der Waals surface area contributed by atoms with Gasteiger partial charge >= 0.3 is 0 Å². The Labute approximate surface area is 90.6 Å². The monoisotopic (exact) mass is 211 g/mol. The van der Waals surface area contributed by atoms with Gasteiger partial charge in [0, 0.05) is 19.1 Å². The summed E-state index contributed by atoms with van der Waals surface area (Å²) >= 11 is 0. The molecule has 2 saturated heterocycles. The summed E-state index contributed by atoms with van der Waals surface area (Å²) in [6, 6.07) is 0.114. The third kappa shape index (κ3) is 1.34. The lowest BCUT2D eigenvalue weighted by atomic mass is 9.71. The van der Waals surface area contributed by atoms with Gasteiger partial charge in [0.25, 0.3) is 0 Å². The molecule has 1 N–H and O–H groups in total. The quantitative estimate of drug-likeness (QED) is 0.622. The molecule has 0 spiro atoms. The molecule has 2 rings (SSSR count). The van der Waals surface area contributed by atoms with E-state index in [4.69, 9.17) is 0 Å². The minimum Gasteiger partial charge on any atom is -0.530 e. The second-order valence-corrected chi connectivity index (χ2v) is 5.74. The van der Waals surface area contributed by atoms with Gasteiger partial charge in [0.15, 0.2) is 0 Å². The lowest BCUT2D eigenvalue weighted by molar-refractivity contribution is -0.276. The fourth-order valence-corrected chi connectivity index (χ4v) is 3.14. The molecule has 4 nitrogen and oxygen atoms in total. The number of carbonyl (C=O) groups is 1. The van der Waals surface area contributed by atoms with E-state index in [2.05, 4.69) is 26.1 Å². The van der Waals surface area contributed by atoms with Gasteiger partial charge in [-0.3, -0.25) is 0 Å². The molecule has 2 unspecified atom stereocenters. The summed E-state index contributed by atoms with van der Waals surface area (Å²) in [5.41, 5.74) is -0.315. The number of amides is 1. The molecule has 2 atom stereocenters. The van der Waals surface area contributed by atoms with Gasteiger partial charge < -0.3 is 20.1 Å². The lowest BCUT2D eigenvalue weighted by Gasteiger charge is -2.54. The van der Waals surface area contributed by atoms with Gasteiger partial charge in [-0.05, 0) is 18.3 Å². The summed E-state index contributed by atoms with van der Waals surface area (Å²) in [4.78, 5) is 12.9. The maximum Gasteiger partial charge on any atom is 0.137 e. The standard InChI is InChI=1S/C11H20N2O2/c1-10(2,3)11-5-4-8(6-12-7-11)13(11)9(14)15/h8,12H,4-7H2,1-3H3,(H,14,15)/p-1. The minimum atomic E-state index is -1.01. The fourth-order valence-electron chi connectivity index (χ4n) is 3.14. The van der Waals surface area contributed by atoms with Crippen LogP contribution in [0.15, 0.2) is 0 Å². The van der Waals surface area contributed by atoms with Crippen molar-refractivity contribution in [1.29, 1.82) is 0 Å². The number of fused-ring (bicyclic) bond motifs is 2. The van der Waals surface area contributed by atoms with Crippen LogP contribution in [0, 0.1) is 5.41 Å². The molecule has 86 valence electrons. The van der Waals surface area contributed by atoms with Crippen LogP contribution in [-0.2, 0) is 0 Å². The summed E-state index contributed by atoms with van der Waals surface area (Å²) in [5.74, 6) is 0. The molecular formula is C11H19N2O2-. The molecule has 15 heavy (non-hydrogen) atoms. The van der Waals surface area contributed by atoms with E-state index < -0.39 is 6.09 Å². The summed E-state index contributed by atoms with van der Waals surface area (Å²) in [6.07, 6.45) is 0.898. The Morgan fingerprint density at radius 3 is 2.67 bits per heavy atom. The van der Waals surface area contributed by atoms with Gasteiger partial charge in [-0.25, -0.2) is 0 Å². The molecule has 0 radical (unpaired) electrons. The summed E-state index contributed by atoms with van der Waals surface area (Å²) in [5, 5.41) is 14.6. The van der Waals surface area contributed by atoms with Crippen molar-refractivity contribution < 1.29 is 9.90 Å². The predicted octanol–water partition coefficient (Wildman–Crippen LogP) is 0.182. The van der Waals surface area contributed by atoms with E-state index in [0.29, 0.717) is 0 Å². The predicted molar refractivity (Wildman–Crippen MR) is 55.3 cm³/mol. The van der Waals surface area contributed by atoms with Gasteiger partial charge in [-0.15, -0.1) is 0 Å². The van der Waals surface area contributed by atoms with Crippen molar-refractivity contribution in [2.45, 2.75) is 45.2 Å². The maximum absolute atomic E-state index is 11.3. The normalized spacial score (nSPS) is 35.7. The van der Waals surface area contributed by atoms with Crippen LogP contribution < -0.4 is 10.4 Å². The molecule has 2 heterocycles. The third-order valence-electron chi connectivity index (χ3n) is 4.11. The first-order valence-corrected chi connectivity index (χ1v) is 5.59. The minimum absolute atomic E-state index is 0.0464. The Balaban J connectivity index is 2.40. The second kappa shape index (κ2) is 3.11. The van der Waals surface area contributed by atoms with E-state index >= 15 is 0 Å². The Kier molecular flexibility index (Phi) is 2.23. The molecule has 4 heteroatoms. The highest BCUT2D eigenvalue weighted by Gasteiger charge is 2.55. The molecule has 0 aliphatic carbocycles. The molecule has 0 aromatic rings. The number of piperazine rings is 1. The average Bonchev–Trinajstić information content (AvgIpc) is 2.34. The van der Waals surface area contributed by atoms with Crippen molar-refractivity contribution in [3.63, 3.8) is 0 Å². The Morgan fingerprint density at radius 2 is 2.20 bits per heavy atom. The number of nitrogens with one attached hydrogen (secondary N) is 1. The SMILES string of the molecule is CC(C)(C)C12CCC(CNC1)N2C(=O)[O-]. The number of nitrogens with zero attached hydrogens (tertiary/aromatic N) is 1. The molecule has 2 fully saturated rings. The molecule has 2 bridgehead atoms. The van der Waals surface area contributed by atoms with Crippen molar-refractivity contribution in [3.8, 4) is 0 Å². The van der Waals surface area contributed by atoms with Crippen molar-refractivity contribution in [2.24, 2.45) is 5.41 Å². The highest BCUT2D eigenvalue weighted by atomic mass is 16.4. The first-order valence-electron chi connectivity index (χ1n) is 5.59. The summed E-state index contributed by atoms with van der Waals surface area (Å²) in [6.45, 7) is 7.85. The first kappa shape index (κ1) is 10.7. The zero-order valence-corrected chi connectivity index (χ0v) is 9.67.